The van der Waals surface area contributed by atoms with Gasteiger partial charge in [-0.3, -0.25) is 4.79 Å². The number of para-hydroxylation sites is 2. The summed E-state index contributed by atoms with van der Waals surface area (Å²) in [6, 6.07) is 22.2. The molecule has 1 aliphatic heterocycles. The van der Waals surface area contributed by atoms with Gasteiger partial charge < -0.3 is 14.8 Å². The van der Waals surface area contributed by atoms with Crippen molar-refractivity contribution in [1.82, 2.24) is 14.9 Å². The highest BCUT2D eigenvalue weighted by molar-refractivity contribution is 6.30. The largest absolute Gasteiger partial charge is 0.352 e. The first-order valence-corrected chi connectivity index (χ1v) is 11.9. The Bertz CT molecular complexity index is 1280. The lowest BCUT2D eigenvalue weighted by Gasteiger charge is -2.32. The third-order valence-electron chi connectivity index (χ3n) is 6.42. The van der Waals surface area contributed by atoms with Gasteiger partial charge in [0, 0.05) is 30.6 Å². The number of aromatic nitrogens is 2. The molecule has 0 saturated carbocycles. The number of piperidine rings is 1. The van der Waals surface area contributed by atoms with Crippen molar-refractivity contribution >= 4 is 34.5 Å². The molecule has 5 rings (SSSR count). The summed E-state index contributed by atoms with van der Waals surface area (Å²) in [6.45, 7) is 2.62. The van der Waals surface area contributed by atoms with Crippen LogP contribution in [-0.4, -0.2) is 28.5 Å². The van der Waals surface area contributed by atoms with E-state index in [-0.39, 0.29) is 17.6 Å². The van der Waals surface area contributed by atoms with Crippen LogP contribution in [0.4, 0.5) is 10.3 Å². The summed E-state index contributed by atoms with van der Waals surface area (Å²) < 4.78 is 15.6. The number of hydrogen-bond donors (Lipinski definition) is 1. The second-order valence-corrected chi connectivity index (χ2v) is 9.16. The highest BCUT2D eigenvalue weighted by atomic mass is 35.5. The van der Waals surface area contributed by atoms with Crippen LogP contribution in [0.15, 0.2) is 72.8 Å². The number of benzene rings is 3. The molecule has 4 aromatic rings. The van der Waals surface area contributed by atoms with Gasteiger partial charge in [0.2, 0.25) is 11.9 Å². The summed E-state index contributed by atoms with van der Waals surface area (Å²) in [5.41, 5.74) is 4.03. The number of halogens is 2. The average molecular weight is 477 g/mol. The third-order valence-corrected chi connectivity index (χ3v) is 6.67. The summed E-state index contributed by atoms with van der Waals surface area (Å²) >= 11 is 5.93. The van der Waals surface area contributed by atoms with Crippen molar-refractivity contribution in [3.63, 3.8) is 0 Å². The van der Waals surface area contributed by atoms with Crippen molar-refractivity contribution in [1.29, 1.82) is 0 Å². The van der Waals surface area contributed by atoms with E-state index in [1.165, 1.54) is 12.1 Å². The Hall–Kier alpha value is -3.38. The number of fused-ring (bicyclic) bond motifs is 1. The van der Waals surface area contributed by atoms with Crippen LogP contribution in [0.3, 0.4) is 0 Å². The van der Waals surface area contributed by atoms with Gasteiger partial charge in [0.05, 0.1) is 17.6 Å². The van der Waals surface area contributed by atoms with Gasteiger partial charge in [0.25, 0.3) is 0 Å². The Morgan fingerprint density at radius 2 is 1.65 bits per heavy atom. The van der Waals surface area contributed by atoms with Crippen LogP contribution in [0.1, 0.15) is 24.0 Å². The molecule has 7 heteroatoms. The van der Waals surface area contributed by atoms with Gasteiger partial charge >= 0.3 is 0 Å². The quantitative estimate of drug-likeness (QED) is 0.405. The van der Waals surface area contributed by atoms with Crippen LogP contribution in [0.25, 0.3) is 11.0 Å². The highest BCUT2D eigenvalue weighted by Crippen LogP contribution is 2.28. The Labute approximate surface area is 203 Å². The maximum Gasteiger partial charge on any atom is 0.223 e. The first-order valence-electron chi connectivity index (χ1n) is 11.5. The third kappa shape index (κ3) is 4.92. The number of carbonyl (C=O) groups is 1. The molecule has 0 aliphatic carbocycles. The molecular weight excluding hydrogens is 451 g/mol. The molecule has 1 aromatic heterocycles. The molecule has 1 saturated heterocycles. The van der Waals surface area contributed by atoms with Crippen molar-refractivity contribution in [2.45, 2.75) is 25.9 Å². The number of nitrogens with zero attached hydrogens (tertiary/aromatic N) is 3. The molecule has 1 aliphatic rings. The van der Waals surface area contributed by atoms with Crippen LogP contribution in [0.5, 0.6) is 0 Å². The normalized spacial score (nSPS) is 14.5. The van der Waals surface area contributed by atoms with E-state index < -0.39 is 0 Å². The Balaban J connectivity index is 1.27. The summed E-state index contributed by atoms with van der Waals surface area (Å²) in [7, 11) is 0. The Kier molecular flexibility index (Phi) is 6.50. The van der Waals surface area contributed by atoms with E-state index in [1.807, 2.05) is 54.6 Å². The molecule has 0 unspecified atom stereocenters. The van der Waals surface area contributed by atoms with Crippen LogP contribution < -0.4 is 10.2 Å². The van der Waals surface area contributed by atoms with Gasteiger partial charge in [-0.25, -0.2) is 9.37 Å². The minimum absolute atomic E-state index is 0.0153. The summed E-state index contributed by atoms with van der Waals surface area (Å²) in [4.78, 5) is 19.9. The summed E-state index contributed by atoms with van der Waals surface area (Å²) in [5, 5.41) is 3.75. The molecule has 0 atom stereocenters. The van der Waals surface area contributed by atoms with E-state index in [0.717, 1.165) is 54.0 Å². The predicted octanol–water partition coefficient (Wildman–Crippen LogP) is 5.41. The number of nitrogens with one attached hydrogen (secondary N) is 1. The van der Waals surface area contributed by atoms with Crippen molar-refractivity contribution in [2.75, 3.05) is 18.0 Å². The van der Waals surface area contributed by atoms with Crippen molar-refractivity contribution in [3.05, 3.63) is 94.8 Å². The van der Waals surface area contributed by atoms with Gasteiger partial charge in [0.15, 0.2) is 0 Å². The summed E-state index contributed by atoms with van der Waals surface area (Å²) in [5.74, 6) is 0.731. The van der Waals surface area contributed by atoms with E-state index in [2.05, 4.69) is 20.9 Å². The number of anilines is 1. The lowest BCUT2D eigenvalue weighted by molar-refractivity contribution is -0.125. The van der Waals surface area contributed by atoms with Gasteiger partial charge in [-0.2, -0.15) is 0 Å². The Morgan fingerprint density at radius 3 is 2.38 bits per heavy atom. The molecule has 1 fully saturated rings. The topological polar surface area (TPSA) is 50.2 Å². The SMILES string of the molecule is O=C(NCc1ccc(Cl)cc1)C1CCN(c2nc3ccccc3n2Cc2ccc(F)cc2)CC1. The van der Waals surface area contributed by atoms with E-state index >= 15 is 0 Å². The average Bonchev–Trinajstić information content (AvgIpc) is 3.23. The fraction of sp³-hybridized carbons (Fsp3) is 0.259. The second kappa shape index (κ2) is 9.85. The minimum Gasteiger partial charge on any atom is -0.352 e. The molecule has 174 valence electrons. The molecular formula is C27H26ClFN4O. The molecule has 0 radical (unpaired) electrons. The van der Waals surface area contributed by atoms with E-state index in [4.69, 9.17) is 16.6 Å². The smallest absolute Gasteiger partial charge is 0.223 e. The predicted molar refractivity (Wildman–Crippen MR) is 133 cm³/mol. The molecule has 0 bridgehead atoms. The number of carbonyl (C=O) groups excluding carboxylic acids is 1. The van der Waals surface area contributed by atoms with Crippen LogP contribution in [0, 0.1) is 11.7 Å². The molecule has 2 heterocycles. The lowest BCUT2D eigenvalue weighted by Crippen LogP contribution is -2.41. The van der Waals surface area contributed by atoms with Crippen LogP contribution in [0.2, 0.25) is 5.02 Å². The fourth-order valence-electron chi connectivity index (χ4n) is 4.51. The highest BCUT2D eigenvalue weighted by Gasteiger charge is 2.27. The van der Waals surface area contributed by atoms with Crippen molar-refractivity contribution in [3.8, 4) is 0 Å². The Morgan fingerprint density at radius 1 is 0.971 bits per heavy atom. The van der Waals surface area contributed by atoms with Gasteiger partial charge in [-0.15, -0.1) is 0 Å². The fourth-order valence-corrected chi connectivity index (χ4v) is 4.64. The molecule has 1 N–H and O–H groups in total. The van der Waals surface area contributed by atoms with Crippen LogP contribution >= 0.6 is 11.6 Å². The van der Waals surface area contributed by atoms with E-state index in [0.29, 0.717) is 18.1 Å². The number of imidazole rings is 1. The number of hydrogen-bond acceptors (Lipinski definition) is 3. The zero-order chi connectivity index (χ0) is 23.5. The van der Waals surface area contributed by atoms with E-state index in [1.54, 1.807) is 0 Å². The minimum atomic E-state index is -0.240. The number of rotatable bonds is 6. The van der Waals surface area contributed by atoms with Gasteiger partial charge in [0.1, 0.15) is 5.82 Å². The molecule has 0 spiro atoms. The second-order valence-electron chi connectivity index (χ2n) is 8.72. The van der Waals surface area contributed by atoms with Crippen molar-refractivity contribution in [2.24, 2.45) is 5.92 Å². The van der Waals surface area contributed by atoms with Gasteiger partial charge in [-0.1, -0.05) is 48.0 Å². The van der Waals surface area contributed by atoms with Crippen molar-refractivity contribution < 1.29 is 9.18 Å². The molecule has 1 amide bonds. The molecule has 5 nitrogen and oxygen atoms in total. The molecule has 34 heavy (non-hydrogen) atoms. The summed E-state index contributed by atoms with van der Waals surface area (Å²) in [6.07, 6.45) is 1.54. The standard InChI is InChI=1S/C27H26ClFN4O/c28-22-9-5-19(6-10-22)17-30-26(34)21-13-15-32(16-14-21)27-31-24-3-1-2-4-25(24)33(27)18-20-7-11-23(29)12-8-20/h1-12,21H,13-18H2,(H,30,34). The zero-order valence-electron chi connectivity index (χ0n) is 18.8. The van der Waals surface area contributed by atoms with Crippen LogP contribution in [-0.2, 0) is 17.9 Å². The van der Waals surface area contributed by atoms with E-state index in [9.17, 15) is 9.18 Å². The maximum atomic E-state index is 13.4. The van der Waals surface area contributed by atoms with Gasteiger partial charge in [-0.05, 0) is 60.4 Å². The first-order chi connectivity index (χ1) is 16.6. The lowest BCUT2D eigenvalue weighted by atomic mass is 9.96. The first kappa shape index (κ1) is 22.4. The monoisotopic (exact) mass is 476 g/mol. The zero-order valence-corrected chi connectivity index (χ0v) is 19.5. The maximum absolute atomic E-state index is 13.4. The number of amides is 1. The molecule has 3 aromatic carbocycles.